The van der Waals surface area contributed by atoms with Crippen LogP contribution in [-0.4, -0.2) is 47.8 Å². The van der Waals surface area contributed by atoms with Gasteiger partial charge in [0.15, 0.2) is 0 Å². The second kappa shape index (κ2) is 7.23. The highest BCUT2D eigenvalue weighted by Gasteiger charge is 2.26. The van der Waals surface area contributed by atoms with Crippen LogP contribution in [0.2, 0.25) is 0 Å². The maximum absolute atomic E-state index is 12.2. The highest BCUT2D eigenvalue weighted by Crippen LogP contribution is 2.25. The van der Waals surface area contributed by atoms with Crippen LogP contribution in [-0.2, 0) is 4.74 Å². The summed E-state index contributed by atoms with van der Waals surface area (Å²) >= 11 is 0. The normalized spacial score (nSPS) is 15.0. The summed E-state index contributed by atoms with van der Waals surface area (Å²) in [5.74, 6) is 0.513. The largest absolute Gasteiger partial charge is 0.444 e. The molecule has 0 radical (unpaired) electrons. The van der Waals surface area contributed by atoms with Crippen molar-refractivity contribution >= 4 is 17.6 Å². The minimum absolute atomic E-state index is 0.241. The number of aromatic nitrogens is 1. The maximum atomic E-state index is 12.2. The van der Waals surface area contributed by atoms with Gasteiger partial charge in [-0.1, -0.05) is 18.2 Å². The highest BCUT2D eigenvalue weighted by atomic mass is 16.6. The SMILES string of the molecule is CC(C)(C)OC(=O)N1CCN(c2cccc(-c3cccc(N)n3)c2)CC1. The van der Waals surface area contributed by atoms with Crippen molar-refractivity contribution in [1.29, 1.82) is 0 Å². The molecule has 1 fully saturated rings. The number of pyridine rings is 1. The summed E-state index contributed by atoms with van der Waals surface area (Å²) in [6.07, 6.45) is -0.241. The second-order valence-electron chi connectivity index (χ2n) is 7.45. The summed E-state index contributed by atoms with van der Waals surface area (Å²) in [4.78, 5) is 20.6. The van der Waals surface area contributed by atoms with E-state index in [-0.39, 0.29) is 6.09 Å². The van der Waals surface area contributed by atoms with Crippen LogP contribution in [0.5, 0.6) is 0 Å². The van der Waals surface area contributed by atoms with E-state index in [9.17, 15) is 4.79 Å². The molecule has 2 heterocycles. The third-order valence-corrected chi connectivity index (χ3v) is 4.21. The topological polar surface area (TPSA) is 71.7 Å². The number of piperazine rings is 1. The molecule has 1 aliphatic rings. The molecule has 0 spiro atoms. The van der Waals surface area contributed by atoms with E-state index in [0.29, 0.717) is 18.9 Å². The van der Waals surface area contributed by atoms with Crippen molar-refractivity contribution in [3.8, 4) is 11.3 Å². The van der Waals surface area contributed by atoms with E-state index in [2.05, 4.69) is 22.0 Å². The van der Waals surface area contributed by atoms with Crippen molar-refractivity contribution in [3.05, 3.63) is 42.5 Å². The summed E-state index contributed by atoms with van der Waals surface area (Å²) in [5.41, 5.74) is 8.34. The number of hydrogen-bond donors (Lipinski definition) is 1. The summed E-state index contributed by atoms with van der Waals surface area (Å²) in [5, 5.41) is 0. The number of nitrogens with zero attached hydrogens (tertiary/aromatic N) is 3. The van der Waals surface area contributed by atoms with Gasteiger partial charge in [-0.2, -0.15) is 0 Å². The maximum Gasteiger partial charge on any atom is 0.410 e. The Balaban J connectivity index is 1.67. The van der Waals surface area contributed by atoms with Crippen LogP contribution in [0.4, 0.5) is 16.3 Å². The molecule has 1 amide bonds. The van der Waals surface area contributed by atoms with Crippen molar-refractivity contribution in [3.63, 3.8) is 0 Å². The first-order valence-corrected chi connectivity index (χ1v) is 8.88. The molecule has 1 aromatic carbocycles. The number of carbonyl (C=O) groups is 1. The molecule has 1 aliphatic heterocycles. The molecule has 6 heteroatoms. The molecule has 0 bridgehead atoms. The predicted molar refractivity (Wildman–Crippen MR) is 104 cm³/mol. The first kappa shape index (κ1) is 18.0. The van der Waals surface area contributed by atoms with Gasteiger partial charge in [0.25, 0.3) is 0 Å². The molecule has 138 valence electrons. The van der Waals surface area contributed by atoms with Gasteiger partial charge in [0.2, 0.25) is 0 Å². The van der Waals surface area contributed by atoms with Crippen LogP contribution in [0.1, 0.15) is 20.8 Å². The zero-order valence-corrected chi connectivity index (χ0v) is 15.6. The molecule has 3 rings (SSSR count). The van der Waals surface area contributed by atoms with E-state index in [4.69, 9.17) is 10.5 Å². The first-order chi connectivity index (χ1) is 12.3. The highest BCUT2D eigenvalue weighted by molar-refractivity contribution is 5.69. The lowest BCUT2D eigenvalue weighted by molar-refractivity contribution is 0.0240. The van der Waals surface area contributed by atoms with E-state index in [1.165, 1.54) is 0 Å². The van der Waals surface area contributed by atoms with Gasteiger partial charge < -0.3 is 20.3 Å². The number of anilines is 2. The van der Waals surface area contributed by atoms with Gasteiger partial charge in [-0.05, 0) is 45.0 Å². The average Bonchev–Trinajstić information content (AvgIpc) is 2.60. The third-order valence-electron chi connectivity index (χ3n) is 4.21. The zero-order chi connectivity index (χ0) is 18.7. The molecule has 2 N–H and O–H groups in total. The number of ether oxygens (including phenoxy) is 1. The molecule has 26 heavy (non-hydrogen) atoms. The Hall–Kier alpha value is -2.76. The van der Waals surface area contributed by atoms with Gasteiger partial charge in [-0.3, -0.25) is 0 Å². The van der Waals surface area contributed by atoms with E-state index >= 15 is 0 Å². The molecule has 0 unspecified atom stereocenters. The zero-order valence-electron chi connectivity index (χ0n) is 15.6. The minimum atomic E-state index is -0.465. The van der Waals surface area contributed by atoms with Gasteiger partial charge in [0, 0.05) is 37.4 Å². The molecular formula is C20H26N4O2. The second-order valence-corrected chi connectivity index (χ2v) is 7.45. The molecule has 2 aromatic rings. The van der Waals surface area contributed by atoms with Crippen molar-refractivity contribution < 1.29 is 9.53 Å². The number of rotatable bonds is 2. The lowest BCUT2D eigenvalue weighted by Crippen LogP contribution is -2.50. The Morgan fingerprint density at radius 1 is 1.08 bits per heavy atom. The number of nitrogens with two attached hydrogens (primary N) is 1. The Kier molecular flexibility index (Phi) is 5.02. The average molecular weight is 354 g/mol. The Morgan fingerprint density at radius 2 is 1.77 bits per heavy atom. The fourth-order valence-electron chi connectivity index (χ4n) is 2.95. The number of carbonyl (C=O) groups excluding carboxylic acids is 1. The van der Waals surface area contributed by atoms with Crippen LogP contribution in [0, 0.1) is 0 Å². The minimum Gasteiger partial charge on any atom is -0.444 e. The van der Waals surface area contributed by atoms with Gasteiger partial charge in [-0.25, -0.2) is 9.78 Å². The van der Waals surface area contributed by atoms with Crippen molar-refractivity contribution in [2.45, 2.75) is 26.4 Å². The predicted octanol–water partition coefficient (Wildman–Crippen LogP) is 3.39. The van der Waals surface area contributed by atoms with E-state index in [0.717, 1.165) is 30.0 Å². The number of nitrogen functional groups attached to an aromatic ring is 1. The van der Waals surface area contributed by atoms with E-state index in [1.807, 2.05) is 45.0 Å². The molecule has 6 nitrogen and oxygen atoms in total. The van der Waals surface area contributed by atoms with Crippen LogP contribution in [0.15, 0.2) is 42.5 Å². The van der Waals surface area contributed by atoms with Gasteiger partial charge in [0.05, 0.1) is 5.69 Å². The van der Waals surface area contributed by atoms with Crippen molar-refractivity contribution in [2.24, 2.45) is 0 Å². The van der Waals surface area contributed by atoms with Crippen molar-refractivity contribution in [2.75, 3.05) is 36.8 Å². The van der Waals surface area contributed by atoms with Crippen LogP contribution < -0.4 is 10.6 Å². The van der Waals surface area contributed by atoms with Crippen LogP contribution >= 0.6 is 0 Å². The van der Waals surface area contributed by atoms with Gasteiger partial charge >= 0.3 is 6.09 Å². The molecule has 0 saturated carbocycles. The quantitative estimate of drug-likeness (QED) is 0.895. The summed E-state index contributed by atoms with van der Waals surface area (Å²) in [6.45, 7) is 8.50. The van der Waals surface area contributed by atoms with Gasteiger partial charge in [-0.15, -0.1) is 0 Å². The Bertz CT molecular complexity index is 777. The smallest absolute Gasteiger partial charge is 0.410 e. The van der Waals surface area contributed by atoms with Crippen LogP contribution in [0.3, 0.4) is 0 Å². The Labute approximate surface area is 154 Å². The first-order valence-electron chi connectivity index (χ1n) is 8.88. The monoisotopic (exact) mass is 354 g/mol. The molecule has 0 aliphatic carbocycles. The lowest BCUT2D eigenvalue weighted by atomic mass is 10.1. The summed E-state index contributed by atoms with van der Waals surface area (Å²) < 4.78 is 5.45. The fourth-order valence-corrected chi connectivity index (χ4v) is 2.95. The molecular weight excluding hydrogens is 328 g/mol. The summed E-state index contributed by atoms with van der Waals surface area (Å²) in [7, 11) is 0. The molecule has 1 aromatic heterocycles. The summed E-state index contributed by atoms with van der Waals surface area (Å²) in [6, 6.07) is 13.9. The van der Waals surface area contributed by atoms with Crippen molar-refractivity contribution in [1.82, 2.24) is 9.88 Å². The molecule has 1 saturated heterocycles. The van der Waals surface area contributed by atoms with Crippen LogP contribution in [0.25, 0.3) is 11.3 Å². The van der Waals surface area contributed by atoms with E-state index < -0.39 is 5.60 Å². The lowest BCUT2D eigenvalue weighted by Gasteiger charge is -2.36. The number of benzene rings is 1. The standard InChI is InChI=1S/C20H26N4O2/c1-20(2,3)26-19(25)24-12-10-23(11-13-24)16-7-4-6-15(14-16)17-8-5-9-18(21)22-17/h4-9,14H,10-13H2,1-3H3,(H2,21,22). The van der Waals surface area contributed by atoms with E-state index in [1.54, 1.807) is 11.0 Å². The molecule has 0 atom stereocenters. The third kappa shape index (κ3) is 4.45. The van der Waals surface area contributed by atoms with Gasteiger partial charge in [0.1, 0.15) is 11.4 Å². The fraction of sp³-hybridized carbons (Fsp3) is 0.400. The Morgan fingerprint density at radius 3 is 2.42 bits per heavy atom. The number of amides is 1. The number of hydrogen-bond acceptors (Lipinski definition) is 5.